The highest BCUT2D eigenvalue weighted by atomic mass is 16.7. The molecule has 5 nitrogen and oxygen atoms in total. The quantitative estimate of drug-likeness (QED) is 0.776. The number of likely N-dealkylation sites (tertiary alicyclic amines) is 1. The van der Waals surface area contributed by atoms with Gasteiger partial charge in [0, 0.05) is 33.1 Å². The monoisotopic (exact) mass is 262 g/mol. The van der Waals surface area contributed by atoms with Gasteiger partial charge in [-0.15, -0.1) is 0 Å². The van der Waals surface area contributed by atoms with Gasteiger partial charge in [-0.3, -0.25) is 0 Å². The average molecular weight is 262 g/mol. The van der Waals surface area contributed by atoms with E-state index in [2.05, 4.69) is 6.07 Å². The van der Waals surface area contributed by atoms with Crippen LogP contribution in [0.15, 0.2) is 18.2 Å². The molecule has 2 heterocycles. The van der Waals surface area contributed by atoms with E-state index in [1.807, 2.05) is 17.0 Å². The minimum atomic E-state index is 0.0863. The molecule has 1 aromatic carbocycles. The van der Waals surface area contributed by atoms with Crippen LogP contribution in [0.5, 0.6) is 11.5 Å². The third kappa shape index (κ3) is 2.20. The summed E-state index contributed by atoms with van der Waals surface area (Å²) in [4.78, 5) is 15.4. The Morgan fingerprint density at radius 1 is 1.32 bits per heavy atom. The minimum absolute atomic E-state index is 0.0863. The van der Waals surface area contributed by atoms with E-state index in [-0.39, 0.29) is 6.03 Å². The molecule has 0 N–H and O–H groups in total. The van der Waals surface area contributed by atoms with Crippen LogP contribution in [0.3, 0.4) is 0 Å². The fourth-order valence-electron chi connectivity index (χ4n) is 2.66. The van der Waals surface area contributed by atoms with Crippen molar-refractivity contribution in [1.29, 1.82) is 0 Å². The van der Waals surface area contributed by atoms with Crippen molar-refractivity contribution >= 4 is 6.03 Å². The second kappa shape index (κ2) is 4.64. The van der Waals surface area contributed by atoms with Gasteiger partial charge in [-0.2, -0.15) is 0 Å². The Bertz CT molecular complexity index is 501. The van der Waals surface area contributed by atoms with Crippen molar-refractivity contribution in [1.82, 2.24) is 9.80 Å². The maximum atomic E-state index is 11.9. The second-order valence-electron chi connectivity index (χ2n) is 5.22. The normalized spacial score (nSPS) is 20.7. The van der Waals surface area contributed by atoms with Crippen molar-refractivity contribution in [3.63, 3.8) is 0 Å². The van der Waals surface area contributed by atoms with Crippen LogP contribution in [0.1, 0.15) is 17.9 Å². The van der Waals surface area contributed by atoms with Gasteiger partial charge in [0.1, 0.15) is 0 Å². The van der Waals surface area contributed by atoms with Gasteiger partial charge in [0.2, 0.25) is 6.79 Å². The Hall–Kier alpha value is -1.91. The van der Waals surface area contributed by atoms with Crippen molar-refractivity contribution in [3.05, 3.63) is 23.8 Å². The van der Waals surface area contributed by atoms with E-state index in [1.54, 1.807) is 19.0 Å². The summed E-state index contributed by atoms with van der Waals surface area (Å²) in [6.07, 6.45) is 0.999. The minimum Gasteiger partial charge on any atom is -0.454 e. The second-order valence-corrected chi connectivity index (χ2v) is 5.22. The fourth-order valence-corrected chi connectivity index (χ4v) is 2.66. The molecule has 0 radical (unpaired) electrons. The molecule has 0 aromatic heterocycles. The first-order valence-corrected chi connectivity index (χ1v) is 6.51. The Morgan fingerprint density at radius 2 is 2.11 bits per heavy atom. The van der Waals surface area contributed by atoms with Crippen LogP contribution >= 0.6 is 0 Å². The number of ether oxygens (including phenoxy) is 2. The highest BCUT2D eigenvalue weighted by Gasteiger charge is 2.29. The summed E-state index contributed by atoms with van der Waals surface area (Å²) in [5.41, 5.74) is 1.22. The summed E-state index contributed by atoms with van der Waals surface area (Å²) in [7, 11) is 3.58. The number of urea groups is 1. The van der Waals surface area contributed by atoms with Crippen LogP contribution in [0.2, 0.25) is 0 Å². The summed E-state index contributed by atoms with van der Waals surface area (Å²) in [6.45, 7) is 1.89. The number of amides is 2. The van der Waals surface area contributed by atoms with E-state index in [0.717, 1.165) is 31.0 Å². The van der Waals surface area contributed by atoms with Gasteiger partial charge in [-0.05, 0) is 24.1 Å². The molecule has 1 atom stereocenters. The number of carbonyl (C=O) groups excluding carboxylic acids is 1. The number of fused-ring (bicyclic) bond motifs is 1. The number of hydrogen-bond acceptors (Lipinski definition) is 3. The van der Waals surface area contributed by atoms with Crippen molar-refractivity contribution in [2.75, 3.05) is 34.0 Å². The molecule has 5 heteroatoms. The smallest absolute Gasteiger partial charge is 0.319 e. The third-order valence-electron chi connectivity index (χ3n) is 3.71. The summed E-state index contributed by atoms with van der Waals surface area (Å²) in [5, 5.41) is 0. The lowest BCUT2D eigenvalue weighted by atomic mass is 9.98. The first-order chi connectivity index (χ1) is 9.15. The number of hydrogen-bond donors (Lipinski definition) is 0. The van der Waals surface area contributed by atoms with Gasteiger partial charge < -0.3 is 19.3 Å². The molecule has 3 rings (SSSR count). The predicted molar refractivity (Wildman–Crippen MR) is 70.6 cm³/mol. The molecule has 19 heavy (non-hydrogen) atoms. The maximum Gasteiger partial charge on any atom is 0.319 e. The Morgan fingerprint density at radius 3 is 2.89 bits per heavy atom. The average Bonchev–Trinajstić information content (AvgIpc) is 3.05. The molecule has 0 bridgehead atoms. The first-order valence-electron chi connectivity index (χ1n) is 6.51. The summed E-state index contributed by atoms with van der Waals surface area (Å²) in [5.74, 6) is 2.01. The van der Waals surface area contributed by atoms with E-state index in [4.69, 9.17) is 9.47 Å². The first kappa shape index (κ1) is 12.1. The summed E-state index contributed by atoms with van der Waals surface area (Å²) in [6, 6.07) is 6.15. The van der Waals surface area contributed by atoms with E-state index in [1.165, 1.54) is 5.56 Å². The zero-order valence-electron chi connectivity index (χ0n) is 11.3. The topological polar surface area (TPSA) is 42.0 Å². The summed E-state index contributed by atoms with van der Waals surface area (Å²) < 4.78 is 10.7. The number of rotatable bonds is 1. The van der Waals surface area contributed by atoms with Crippen LogP contribution in [0.4, 0.5) is 4.79 Å². The lowest BCUT2D eigenvalue weighted by Gasteiger charge is -2.21. The number of nitrogens with zero attached hydrogens (tertiary/aromatic N) is 2. The molecule has 0 saturated carbocycles. The zero-order chi connectivity index (χ0) is 13.4. The van der Waals surface area contributed by atoms with Crippen molar-refractivity contribution < 1.29 is 14.3 Å². The highest BCUT2D eigenvalue weighted by Crippen LogP contribution is 2.37. The van der Waals surface area contributed by atoms with Crippen LogP contribution < -0.4 is 9.47 Å². The molecule has 102 valence electrons. The van der Waals surface area contributed by atoms with Crippen molar-refractivity contribution in [2.24, 2.45) is 0 Å². The van der Waals surface area contributed by atoms with Gasteiger partial charge in [-0.25, -0.2) is 4.79 Å². The van der Waals surface area contributed by atoms with Crippen LogP contribution in [-0.2, 0) is 0 Å². The lowest BCUT2D eigenvalue weighted by Crippen LogP contribution is -2.37. The predicted octanol–water partition coefficient (Wildman–Crippen LogP) is 1.89. The molecule has 0 spiro atoms. The third-order valence-corrected chi connectivity index (χ3v) is 3.71. The summed E-state index contributed by atoms with van der Waals surface area (Å²) >= 11 is 0. The molecule has 2 aliphatic heterocycles. The lowest BCUT2D eigenvalue weighted by molar-refractivity contribution is 0.174. The van der Waals surface area contributed by atoms with Gasteiger partial charge in [0.15, 0.2) is 11.5 Å². The van der Waals surface area contributed by atoms with Crippen molar-refractivity contribution in [2.45, 2.75) is 12.3 Å². The Labute approximate surface area is 112 Å². The zero-order valence-corrected chi connectivity index (χ0v) is 11.3. The van der Waals surface area contributed by atoms with E-state index < -0.39 is 0 Å². The van der Waals surface area contributed by atoms with Gasteiger partial charge in [0.25, 0.3) is 0 Å². The van der Waals surface area contributed by atoms with Gasteiger partial charge in [0.05, 0.1) is 0 Å². The van der Waals surface area contributed by atoms with Crippen LogP contribution in [-0.4, -0.2) is 49.8 Å². The van der Waals surface area contributed by atoms with E-state index >= 15 is 0 Å². The van der Waals surface area contributed by atoms with Crippen LogP contribution in [0, 0.1) is 0 Å². The van der Waals surface area contributed by atoms with Gasteiger partial charge in [-0.1, -0.05) is 6.07 Å². The molecule has 0 aliphatic carbocycles. The standard InChI is InChI=1S/C14H18N2O3/c1-15(2)14(17)16-6-5-11(8-16)10-3-4-12-13(7-10)19-9-18-12/h3-4,7,11H,5-6,8-9H2,1-2H3. The molecule has 1 unspecified atom stereocenters. The SMILES string of the molecule is CN(C)C(=O)N1CCC(c2ccc3c(c2)OCO3)C1. The molecule has 2 amide bonds. The Kier molecular flexibility index (Phi) is 2.97. The molecule has 1 fully saturated rings. The largest absolute Gasteiger partial charge is 0.454 e. The van der Waals surface area contributed by atoms with Gasteiger partial charge >= 0.3 is 6.03 Å². The maximum absolute atomic E-state index is 11.9. The van der Waals surface area contributed by atoms with E-state index in [0.29, 0.717) is 12.7 Å². The fraction of sp³-hybridized carbons (Fsp3) is 0.500. The number of carbonyl (C=O) groups is 1. The van der Waals surface area contributed by atoms with Crippen molar-refractivity contribution in [3.8, 4) is 11.5 Å². The molecular weight excluding hydrogens is 244 g/mol. The number of benzene rings is 1. The molecule has 1 aromatic rings. The molecule has 2 aliphatic rings. The highest BCUT2D eigenvalue weighted by molar-refractivity contribution is 5.74. The Balaban J connectivity index is 1.73. The molecular formula is C14H18N2O3. The van der Waals surface area contributed by atoms with E-state index in [9.17, 15) is 4.79 Å². The molecule has 1 saturated heterocycles. The van der Waals surface area contributed by atoms with Crippen LogP contribution in [0.25, 0.3) is 0 Å².